The molecule has 0 bridgehead atoms. The fraction of sp³-hybridized carbons (Fsp3) is 0.429. The van der Waals surface area contributed by atoms with Gasteiger partial charge < -0.3 is 0 Å². The first kappa shape index (κ1) is 9.12. The summed E-state index contributed by atoms with van der Waals surface area (Å²) >= 11 is 0. The molecular weight excluding hydrogens is 123 g/mol. The monoisotopic (exact) mass is 132 g/mol. The topological polar surface area (TPSA) is 0 Å². The number of rotatable bonds is 1. The van der Waals surface area contributed by atoms with Crippen molar-refractivity contribution in [2.24, 2.45) is 0 Å². The van der Waals surface area contributed by atoms with E-state index in [4.69, 9.17) is 0 Å². The van der Waals surface area contributed by atoms with Crippen LogP contribution in [-0.2, 0) is 0 Å². The van der Waals surface area contributed by atoms with Crippen molar-refractivity contribution in [3.63, 3.8) is 0 Å². The second-order valence-corrected chi connectivity index (χ2v) is 1.71. The summed E-state index contributed by atoms with van der Waals surface area (Å²) in [7, 11) is 0. The molecule has 0 nitrogen and oxygen atoms in total. The van der Waals surface area contributed by atoms with Crippen molar-refractivity contribution in [2.75, 3.05) is 0 Å². The van der Waals surface area contributed by atoms with Crippen molar-refractivity contribution in [1.29, 1.82) is 0 Å². The minimum absolute atomic E-state index is 0. The maximum Gasteiger partial charge on any atom is 1.00 e. The Balaban J connectivity index is 0.000000490. The van der Waals surface area contributed by atoms with Gasteiger partial charge in [-0.25, -0.2) is 12.2 Å². The molecule has 38 valence electrons. The molecular formula is C7H9K. The molecule has 0 aromatic carbocycles. The summed E-state index contributed by atoms with van der Waals surface area (Å²) in [6.45, 7) is 2.16. The molecule has 0 heterocycles. The Hall–Kier alpha value is 1.12. The Kier molecular flexibility index (Phi) is 5.64. The third kappa shape index (κ3) is 2.60. The van der Waals surface area contributed by atoms with Crippen molar-refractivity contribution in [3.8, 4) is 0 Å². The summed E-state index contributed by atoms with van der Waals surface area (Å²) in [6.07, 6.45) is 9.57. The van der Waals surface area contributed by atoms with Gasteiger partial charge in [0.1, 0.15) is 0 Å². The van der Waals surface area contributed by atoms with Crippen LogP contribution in [0.1, 0.15) is 19.8 Å². The van der Waals surface area contributed by atoms with E-state index in [-0.39, 0.29) is 51.4 Å². The summed E-state index contributed by atoms with van der Waals surface area (Å²) in [5.74, 6) is 0. The number of allylic oxidation sites excluding steroid dienone is 4. The van der Waals surface area contributed by atoms with Crippen LogP contribution < -0.4 is 51.4 Å². The van der Waals surface area contributed by atoms with E-state index in [0.29, 0.717) is 0 Å². The van der Waals surface area contributed by atoms with Crippen molar-refractivity contribution in [2.45, 2.75) is 19.8 Å². The van der Waals surface area contributed by atoms with Crippen LogP contribution in [0.3, 0.4) is 0 Å². The predicted octanol–water partition coefficient (Wildman–Crippen LogP) is -0.910. The van der Waals surface area contributed by atoms with E-state index in [1.165, 1.54) is 5.57 Å². The Morgan fingerprint density at radius 3 is 2.75 bits per heavy atom. The van der Waals surface area contributed by atoms with Gasteiger partial charge in [-0.05, 0) is 0 Å². The number of hydrogen-bond acceptors (Lipinski definition) is 0. The van der Waals surface area contributed by atoms with Gasteiger partial charge in [-0.3, -0.25) is 6.08 Å². The first-order valence-electron chi connectivity index (χ1n) is 2.69. The standard InChI is InChI=1S/C7H9.K/c1-2-7-5-3-4-6-7;/h3-4H,2,5H2,1H3;/q-1;+1. The first-order valence-corrected chi connectivity index (χ1v) is 2.69. The SMILES string of the molecule is CCC1=[C-]C=CC1.[K+]. The van der Waals surface area contributed by atoms with Crippen LogP contribution in [0.4, 0.5) is 0 Å². The average molecular weight is 132 g/mol. The molecule has 1 aliphatic rings. The molecule has 0 fully saturated rings. The Labute approximate surface area is 93.5 Å². The molecule has 1 aliphatic carbocycles. The van der Waals surface area contributed by atoms with Crippen LogP contribution >= 0.6 is 0 Å². The first-order chi connectivity index (χ1) is 3.43. The van der Waals surface area contributed by atoms with E-state index in [1.807, 2.05) is 6.08 Å². The molecule has 0 spiro atoms. The van der Waals surface area contributed by atoms with Crippen molar-refractivity contribution in [1.82, 2.24) is 0 Å². The van der Waals surface area contributed by atoms with Gasteiger partial charge in [0.05, 0.1) is 0 Å². The zero-order valence-corrected chi connectivity index (χ0v) is 8.69. The van der Waals surface area contributed by atoms with Gasteiger partial charge in [0.15, 0.2) is 0 Å². The fourth-order valence-electron chi connectivity index (χ4n) is 0.683. The molecule has 0 aromatic heterocycles. The van der Waals surface area contributed by atoms with Crippen LogP contribution in [0.15, 0.2) is 17.7 Å². The van der Waals surface area contributed by atoms with Crippen LogP contribution in [0, 0.1) is 6.08 Å². The van der Waals surface area contributed by atoms with Crippen molar-refractivity contribution < 1.29 is 51.4 Å². The quantitative estimate of drug-likeness (QED) is 0.320. The van der Waals surface area contributed by atoms with Crippen LogP contribution in [0.5, 0.6) is 0 Å². The molecule has 8 heavy (non-hydrogen) atoms. The Bertz CT molecular complexity index is 112. The molecule has 0 radical (unpaired) electrons. The summed E-state index contributed by atoms with van der Waals surface area (Å²) in [6, 6.07) is 0. The minimum atomic E-state index is 0. The largest absolute Gasteiger partial charge is 1.00 e. The van der Waals surface area contributed by atoms with Gasteiger partial charge in [-0.1, -0.05) is 19.8 Å². The van der Waals surface area contributed by atoms with Gasteiger partial charge in [-0.2, -0.15) is 5.57 Å². The molecule has 0 amide bonds. The molecule has 0 saturated carbocycles. The number of hydrogen-bond donors (Lipinski definition) is 0. The third-order valence-corrected chi connectivity index (χ3v) is 1.20. The molecule has 0 N–H and O–H groups in total. The smallest absolute Gasteiger partial charge is 0.253 e. The van der Waals surface area contributed by atoms with Crippen LogP contribution in [0.25, 0.3) is 0 Å². The van der Waals surface area contributed by atoms with Crippen LogP contribution in [-0.4, -0.2) is 0 Å². The Morgan fingerprint density at radius 2 is 2.50 bits per heavy atom. The predicted molar refractivity (Wildman–Crippen MR) is 30.8 cm³/mol. The minimum Gasteiger partial charge on any atom is -0.253 e. The molecule has 1 rings (SSSR count). The van der Waals surface area contributed by atoms with Gasteiger partial charge in [0, 0.05) is 0 Å². The van der Waals surface area contributed by atoms with E-state index in [1.54, 1.807) is 0 Å². The third-order valence-electron chi connectivity index (χ3n) is 1.20. The maximum atomic E-state index is 3.14. The second-order valence-electron chi connectivity index (χ2n) is 1.71. The van der Waals surface area contributed by atoms with Crippen LogP contribution in [0.2, 0.25) is 0 Å². The zero-order valence-electron chi connectivity index (χ0n) is 5.57. The van der Waals surface area contributed by atoms with Crippen molar-refractivity contribution in [3.05, 3.63) is 23.8 Å². The van der Waals surface area contributed by atoms with Crippen molar-refractivity contribution >= 4 is 0 Å². The van der Waals surface area contributed by atoms with E-state index >= 15 is 0 Å². The molecule has 1 heteroatoms. The van der Waals surface area contributed by atoms with E-state index < -0.39 is 0 Å². The molecule has 0 aromatic rings. The normalized spacial score (nSPS) is 15.4. The van der Waals surface area contributed by atoms with E-state index in [9.17, 15) is 0 Å². The summed E-state index contributed by atoms with van der Waals surface area (Å²) in [5.41, 5.74) is 1.43. The van der Waals surface area contributed by atoms with Gasteiger partial charge in [0.2, 0.25) is 0 Å². The van der Waals surface area contributed by atoms with Gasteiger partial charge in [-0.15, -0.1) is 0 Å². The second kappa shape index (κ2) is 4.95. The van der Waals surface area contributed by atoms with E-state index in [2.05, 4.69) is 19.1 Å². The molecule has 0 saturated heterocycles. The van der Waals surface area contributed by atoms with Gasteiger partial charge >= 0.3 is 51.4 Å². The average Bonchev–Trinajstić information content (AvgIpc) is 2.14. The summed E-state index contributed by atoms with van der Waals surface area (Å²) < 4.78 is 0. The van der Waals surface area contributed by atoms with Gasteiger partial charge in [0.25, 0.3) is 0 Å². The summed E-state index contributed by atoms with van der Waals surface area (Å²) in [5, 5.41) is 0. The molecule has 0 atom stereocenters. The maximum absolute atomic E-state index is 3.14. The molecule has 0 aliphatic heterocycles. The zero-order chi connectivity index (χ0) is 5.11. The summed E-state index contributed by atoms with van der Waals surface area (Å²) in [4.78, 5) is 0. The fourth-order valence-corrected chi connectivity index (χ4v) is 0.683. The molecule has 0 unspecified atom stereocenters. The van der Waals surface area contributed by atoms with E-state index in [0.717, 1.165) is 12.8 Å². The Morgan fingerprint density at radius 1 is 1.75 bits per heavy atom.